The SMILES string of the molecule is C=C(Nc1cccc(-c2ccn3c(N4CCOCC4)cnc3n2)c1)N1CCCC1. The molecule has 0 aliphatic carbocycles. The number of fused-ring (bicyclic) bond motifs is 1. The molecule has 1 aromatic carbocycles. The number of likely N-dealkylation sites (tertiary alicyclic amines) is 1. The largest absolute Gasteiger partial charge is 0.378 e. The molecule has 0 amide bonds. The Morgan fingerprint density at radius 2 is 1.90 bits per heavy atom. The fourth-order valence-corrected chi connectivity index (χ4v) is 4.03. The Bertz CT molecular complexity index is 1020. The van der Waals surface area contributed by atoms with Gasteiger partial charge in [-0.1, -0.05) is 18.7 Å². The fraction of sp³-hybridized carbons (Fsp3) is 0.364. The van der Waals surface area contributed by atoms with E-state index in [1.807, 2.05) is 22.7 Å². The summed E-state index contributed by atoms with van der Waals surface area (Å²) in [5, 5.41) is 3.44. The van der Waals surface area contributed by atoms with Crippen LogP contribution in [0.1, 0.15) is 12.8 Å². The molecule has 7 heteroatoms. The van der Waals surface area contributed by atoms with Gasteiger partial charge in [-0.3, -0.25) is 4.40 Å². The number of aromatic nitrogens is 3. The minimum atomic E-state index is 0.712. The van der Waals surface area contributed by atoms with E-state index in [0.29, 0.717) is 5.78 Å². The molecule has 0 unspecified atom stereocenters. The van der Waals surface area contributed by atoms with E-state index in [1.54, 1.807) is 0 Å². The molecule has 0 bridgehead atoms. The van der Waals surface area contributed by atoms with Crippen molar-refractivity contribution in [2.45, 2.75) is 12.8 Å². The maximum atomic E-state index is 5.46. The molecule has 3 aromatic rings. The summed E-state index contributed by atoms with van der Waals surface area (Å²) in [5.41, 5.74) is 2.99. The highest BCUT2D eigenvalue weighted by molar-refractivity contribution is 5.67. The number of morpholine rings is 1. The third kappa shape index (κ3) is 3.65. The molecule has 1 N–H and O–H groups in total. The van der Waals surface area contributed by atoms with Gasteiger partial charge in [0.15, 0.2) is 0 Å². The highest BCUT2D eigenvalue weighted by Crippen LogP contribution is 2.25. The summed E-state index contributed by atoms with van der Waals surface area (Å²) in [4.78, 5) is 13.9. The normalized spacial score (nSPS) is 17.1. The summed E-state index contributed by atoms with van der Waals surface area (Å²) in [5.74, 6) is 2.75. The number of rotatable bonds is 5. The van der Waals surface area contributed by atoms with Gasteiger partial charge in [0.25, 0.3) is 0 Å². The van der Waals surface area contributed by atoms with Crippen LogP contribution in [-0.2, 0) is 4.74 Å². The maximum Gasteiger partial charge on any atom is 0.235 e. The number of ether oxygens (including phenoxy) is 1. The van der Waals surface area contributed by atoms with Gasteiger partial charge in [-0.2, -0.15) is 0 Å². The Hall–Kier alpha value is -3.06. The van der Waals surface area contributed by atoms with E-state index in [2.05, 4.69) is 51.1 Å². The second-order valence-electron chi connectivity index (χ2n) is 7.55. The average Bonchev–Trinajstić information content (AvgIpc) is 3.44. The monoisotopic (exact) mass is 390 g/mol. The molecular formula is C22H26N6O. The summed E-state index contributed by atoms with van der Waals surface area (Å²) in [7, 11) is 0. The van der Waals surface area contributed by atoms with Crippen LogP contribution in [0.5, 0.6) is 0 Å². The molecule has 4 heterocycles. The molecule has 2 aliphatic heterocycles. The van der Waals surface area contributed by atoms with Gasteiger partial charge in [0.1, 0.15) is 5.82 Å². The van der Waals surface area contributed by atoms with Gasteiger partial charge in [-0.15, -0.1) is 0 Å². The van der Waals surface area contributed by atoms with Crippen LogP contribution in [0.3, 0.4) is 0 Å². The van der Waals surface area contributed by atoms with E-state index in [0.717, 1.165) is 68.0 Å². The molecular weight excluding hydrogens is 364 g/mol. The van der Waals surface area contributed by atoms with Gasteiger partial charge in [0, 0.05) is 43.6 Å². The molecule has 150 valence electrons. The number of hydrogen-bond acceptors (Lipinski definition) is 6. The lowest BCUT2D eigenvalue weighted by molar-refractivity contribution is 0.122. The lowest BCUT2D eigenvalue weighted by Crippen LogP contribution is -2.36. The fourth-order valence-electron chi connectivity index (χ4n) is 4.03. The third-order valence-corrected chi connectivity index (χ3v) is 5.63. The Labute approximate surface area is 170 Å². The quantitative estimate of drug-likeness (QED) is 0.722. The zero-order valence-electron chi connectivity index (χ0n) is 16.5. The minimum Gasteiger partial charge on any atom is -0.378 e. The summed E-state index contributed by atoms with van der Waals surface area (Å²) in [6.45, 7) is 9.61. The van der Waals surface area contributed by atoms with Gasteiger partial charge in [0.05, 0.1) is 30.9 Å². The zero-order valence-corrected chi connectivity index (χ0v) is 16.5. The van der Waals surface area contributed by atoms with Crippen LogP contribution >= 0.6 is 0 Å². The highest BCUT2D eigenvalue weighted by atomic mass is 16.5. The van der Waals surface area contributed by atoms with Crippen molar-refractivity contribution in [2.24, 2.45) is 0 Å². The summed E-state index contributed by atoms with van der Waals surface area (Å²) >= 11 is 0. The molecule has 0 spiro atoms. The molecule has 0 radical (unpaired) electrons. The van der Waals surface area contributed by atoms with E-state index in [4.69, 9.17) is 9.72 Å². The van der Waals surface area contributed by atoms with Crippen LogP contribution in [-0.4, -0.2) is 58.7 Å². The molecule has 5 rings (SSSR count). The molecule has 2 aliphatic rings. The maximum absolute atomic E-state index is 5.46. The molecule has 7 nitrogen and oxygen atoms in total. The Kier molecular flexibility index (Phi) is 4.81. The molecule has 2 aromatic heterocycles. The number of anilines is 2. The van der Waals surface area contributed by atoms with Crippen LogP contribution in [0, 0.1) is 0 Å². The number of hydrogen-bond donors (Lipinski definition) is 1. The van der Waals surface area contributed by atoms with Gasteiger partial charge < -0.3 is 19.9 Å². The number of nitrogens with zero attached hydrogens (tertiary/aromatic N) is 5. The summed E-state index contributed by atoms with van der Waals surface area (Å²) in [6.07, 6.45) is 6.43. The first-order chi connectivity index (χ1) is 14.3. The van der Waals surface area contributed by atoms with Gasteiger partial charge in [-0.05, 0) is 31.0 Å². The Balaban J connectivity index is 1.38. The van der Waals surface area contributed by atoms with Crippen molar-refractivity contribution in [2.75, 3.05) is 49.6 Å². The third-order valence-electron chi connectivity index (χ3n) is 5.63. The second-order valence-corrected chi connectivity index (χ2v) is 7.55. The second kappa shape index (κ2) is 7.75. The lowest BCUT2D eigenvalue weighted by atomic mass is 10.1. The summed E-state index contributed by atoms with van der Waals surface area (Å²) < 4.78 is 7.50. The molecule has 29 heavy (non-hydrogen) atoms. The highest BCUT2D eigenvalue weighted by Gasteiger charge is 2.16. The first kappa shape index (κ1) is 18.0. The first-order valence-corrected chi connectivity index (χ1v) is 10.3. The molecule has 2 fully saturated rings. The predicted molar refractivity (Wildman–Crippen MR) is 115 cm³/mol. The standard InChI is InChI=1S/C22H26N6O/c1-17(26-8-2-3-9-26)24-19-6-4-5-18(15-19)20-7-10-28-21(16-23-22(28)25-20)27-11-13-29-14-12-27/h4-7,10,15-16,24H,1-3,8-9,11-14H2. The van der Waals surface area contributed by atoms with E-state index >= 15 is 0 Å². The zero-order chi connectivity index (χ0) is 19.6. The predicted octanol–water partition coefficient (Wildman–Crippen LogP) is 3.21. The Morgan fingerprint density at radius 3 is 2.72 bits per heavy atom. The van der Waals surface area contributed by atoms with Crippen molar-refractivity contribution >= 4 is 17.3 Å². The van der Waals surface area contributed by atoms with Crippen molar-refractivity contribution in [3.63, 3.8) is 0 Å². The molecule has 2 saturated heterocycles. The van der Waals surface area contributed by atoms with Crippen LogP contribution in [0.15, 0.2) is 55.1 Å². The van der Waals surface area contributed by atoms with Crippen molar-refractivity contribution in [1.29, 1.82) is 0 Å². The van der Waals surface area contributed by atoms with Crippen LogP contribution < -0.4 is 10.2 Å². The molecule has 0 atom stereocenters. The minimum absolute atomic E-state index is 0.712. The summed E-state index contributed by atoms with van der Waals surface area (Å²) in [6, 6.07) is 10.4. The van der Waals surface area contributed by atoms with E-state index in [-0.39, 0.29) is 0 Å². The van der Waals surface area contributed by atoms with Gasteiger partial charge >= 0.3 is 0 Å². The molecule has 0 saturated carbocycles. The van der Waals surface area contributed by atoms with Crippen molar-refractivity contribution in [3.05, 3.63) is 55.1 Å². The number of imidazole rings is 1. The first-order valence-electron chi connectivity index (χ1n) is 10.3. The van der Waals surface area contributed by atoms with Crippen LogP contribution in [0.25, 0.3) is 17.0 Å². The van der Waals surface area contributed by atoms with Crippen molar-refractivity contribution < 1.29 is 4.74 Å². The Morgan fingerprint density at radius 1 is 1.07 bits per heavy atom. The number of benzene rings is 1. The number of nitrogens with one attached hydrogen (secondary N) is 1. The smallest absolute Gasteiger partial charge is 0.235 e. The van der Waals surface area contributed by atoms with Gasteiger partial charge in [0.2, 0.25) is 5.78 Å². The van der Waals surface area contributed by atoms with Crippen molar-refractivity contribution in [3.8, 4) is 11.3 Å². The topological polar surface area (TPSA) is 57.9 Å². The van der Waals surface area contributed by atoms with E-state index in [9.17, 15) is 0 Å². The average molecular weight is 390 g/mol. The lowest BCUT2D eigenvalue weighted by Gasteiger charge is -2.27. The van der Waals surface area contributed by atoms with Crippen LogP contribution in [0.4, 0.5) is 11.5 Å². The van der Waals surface area contributed by atoms with Gasteiger partial charge in [-0.25, -0.2) is 9.97 Å². The van der Waals surface area contributed by atoms with E-state index < -0.39 is 0 Å². The van der Waals surface area contributed by atoms with Crippen molar-refractivity contribution in [1.82, 2.24) is 19.3 Å². The van der Waals surface area contributed by atoms with Crippen LogP contribution in [0.2, 0.25) is 0 Å². The van der Waals surface area contributed by atoms with E-state index in [1.165, 1.54) is 12.8 Å².